The SMILES string of the molecule is CC1(C)C2CC3CC(C2)CC1(c1ccc(Oc2ccc(C#Cc4ccccc4C(=O)O)cc2)cc1)C3. The summed E-state index contributed by atoms with van der Waals surface area (Å²) in [6.07, 6.45) is 6.99. The molecule has 0 radical (unpaired) electrons. The first-order chi connectivity index (χ1) is 17.3. The Kier molecular flexibility index (Phi) is 5.45. The van der Waals surface area contributed by atoms with Gasteiger partial charge in [-0.1, -0.05) is 50.0 Å². The fraction of sp³-hybridized carbons (Fsp3) is 0.364. The molecule has 3 aromatic rings. The van der Waals surface area contributed by atoms with Gasteiger partial charge in [0.1, 0.15) is 11.5 Å². The number of aromatic carboxylic acids is 1. The Hall–Kier alpha value is -3.51. The zero-order valence-electron chi connectivity index (χ0n) is 21.0. The Balaban J connectivity index is 1.17. The molecule has 36 heavy (non-hydrogen) atoms. The van der Waals surface area contributed by atoms with Crippen molar-refractivity contribution in [3.63, 3.8) is 0 Å². The molecule has 2 unspecified atom stereocenters. The van der Waals surface area contributed by atoms with E-state index in [0.717, 1.165) is 34.8 Å². The van der Waals surface area contributed by atoms with Crippen LogP contribution in [0, 0.1) is 35.0 Å². The van der Waals surface area contributed by atoms with Crippen molar-refractivity contribution >= 4 is 5.97 Å². The van der Waals surface area contributed by atoms with Gasteiger partial charge in [-0.15, -0.1) is 0 Å². The van der Waals surface area contributed by atoms with Crippen LogP contribution in [-0.4, -0.2) is 11.1 Å². The second kappa shape index (κ2) is 8.56. The number of benzene rings is 3. The van der Waals surface area contributed by atoms with E-state index in [1.165, 1.54) is 37.7 Å². The van der Waals surface area contributed by atoms with E-state index in [4.69, 9.17) is 4.74 Å². The van der Waals surface area contributed by atoms with Gasteiger partial charge in [-0.05, 0) is 109 Å². The molecule has 3 heteroatoms. The molecule has 3 nitrogen and oxygen atoms in total. The summed E-state index contributed by atoms with van der Waals surface area (Å²) in [7, 11) is 0. The molecule has 182 valence electrons. The van der Waals surface area contributed by atoms with E-state index >= 15 is 0 Å². The highest BCUT2D eigenvalue weighted by molar-refractivity contribution is 5.90. The normalized spacial score (nSPS) is 27.2. The van der Waals surface area contributed by atoms with Crippen LogP contribution in [0.4, 0.5) is 0 Å². The molecule has 4 aliphatic carbocycles. The topological polar surface area (TPSA) is 46.5 Å². The van der Waals surface area contributed by atoms with E-state index in [9.17, 15) is 9.90 Å². The smallest absolute Gasteiger partial charge is 0.336 e. The first-order valence-electron chi connectivity index (χ1n) is 13.1. The van der Waals surface area contributed by atoms with Gasteiger partial charge in [-0.25, -0.2) is 4.79 Å². The third-order valence-corrected chi connectivity index (χ3v) is 9.43. The fourth-order valence-corrected chi connectivity index (χ4v) is 7.58. The minimum atomic E-state index is -0.971. The lowest BCUT2D eigenvalue weighted by atomic mass is 9.38. The highest BCUT2D eigenvalue weighted by Gasteiger charge is 2.61. The molecular formula is C33H32O3. The molecule has 4 aliphatic rings. The highest BCUT2D eigenvalue weighted by Crippen LogP contribution is 2.68. The molecule has 4 fully saturated rings. The number of rotatable bonds is 4. The molecule has 0 aromatic heterocycles. The Bertz CT molecular complexity index is 1340. The van der Waals surface area contributed by atoms with Gasteiger partial charge in [0.25, 0.3) is 0 Å². The summed E-state index contributed by atoms with van der Waals surface area (Å²) in [5, 5.41) is 9.33. The van der Waals surface area contributed by atoms with Crippen molar-refractivity contribution in [1.29, 1.82) is 0 Å². The van der Waals surface area contributed by atoms with Crippen molar-refractivity contribution in [2.75, 3.05) is 0 Å². The van der Waals surface area contributed by atoms with Crippen LogP contribution in [0.3, 0.4) is 0 Å². The Labute approximate surface area is 213 Å². The summed E-state index contributed by atoms with van der Waals surface area (Å²) in [6.45, 7) is 5.04. The lowest BCUT2D eigenvalue weighted by molar-refractivity contribution is -0.113. The van der Waals surface area contributed by atoms with Crippen LogP contribution < -0.4 is 4.74 Å². The van der Waals surface area contributed by atoms with Crippen molar-refractivity contribution in [3.8, 4) is 23.3 Å². The Morgan fingerprint density at radius 2 is 1.44 bits per heavy atom. The molecule has 4 bridgehead atoms. The van der Waals surface area contributed by atoms with Gasteiger partial charge in [-0.3, -0.25) is 0 Å². The van der Waals surface area contributed by atoms with Crippen LogP contribution in [0.15, 0.2) is 72.8 Å². The Morgan fingerprint density at radius 3 is 2.08 bits per heavy atom. The largest absolute Gasteiger partial charge is 0.478 e. The maximum Gasteiger partial charge on any atom is 0.336 e. The van der Waals surface area contributed by atoms with Gasteiger partial charge in [0.05, 0.1) is 5.56 Å². The summed E-state index contributed by atoms with van der Waals surface area (Å²) >= 11 is 0. The van der Waals surface area contributed by atoms with E-state index in [1.807, 2.05) is 24.3 Å². The molecule has 3 aromatic carbocycles. The van der Waals surface area contributed by atoms with Crippen LogP contribution in [0.1, 0.15) is 73.0 Å². The highest BCUT2D eigenvalue weighted by atomic mass is 16.5. The average molecular weight is 477 g/mol. The monoisotopic (exact) mass is 476 g/mol. The van der Waals surface area contributed by atoms with Crippen LogP contribution in [-0.2, 0) is 5.41 Å². The molecule has 0 heterocycles. The maximum absolute atomic E-state index is 11.4. The van der Waals surface area contributed by atoms with Crippen LogP contribution in [0.25, 0.3) is 0 Å². The molecule has 1 N–H and O–H groups in total. The number of carboxylic acid groups (broad SMARTS) is 1. The summed E-state index contributed by atoms with van der Waals surface area (Å²) in [5.41, 5.74) is 3.68. The predicted molar refractivity (Wildman–Crippen MR) is 141 cm³/mol. The van der Waals surface area contributed by atoms with Crippen LogP contribution in [0.2, 0.25) is 0 Å². The van der Waals surface area contributed by atoms with Crippen molar-refractivity contribution in [3.05, 3.63) is 95.1 Å². The van der Waals surface area contributed by atoms with Crippen molar-refractivity contribution in [2.24, 2.45) is 23.2 Å². The van der Waals surface area contributed by atoms with Crippen molar-refractivity contribution < 1.29 is 14.6 Å². The van der Waals surface area contributed by atoms with Gasteiger partial charge in [-0.2, -0.15) is 0 Å². The third kappa shape index (κ3) is 3.80. The summed E-state index contributed by atoms with van der Waals surface area (Å²) in [6, 6.07) is 23.3. The molecule has 0 spiro atoms. The fourth-order valence-electron chi connectivity index (χ4n) is 7.58. The molecule has 0 aliphatic heterocycles. The molecule has 2 atom stereocenters. The van der Waals surface area contributed by atoms with E-state index < -0.39 is 5.97 Å². The van der Waals surface area contributed by atoms with Crippen LogP contribution in [0.5, 0.6) is 11.5 Å². The summed E-state index contributed by atoms with van der Waals surface area (Å²) in [4.78, 5) is 11.4. The van der Waals surface area contributed by atoms with Crippen LogP contribution >= 0.6 is 0 Å². The number of hydrogen-bond acceptors (Lipinski definition) is 2. The average Bonchev–Trinajstić information content (AvgIpc) is 2.87. The Morgan fingerprint density at radius 1 is 0.833 bits per heavy atom. The first kappa shape index (κ1) is 22.9. The van der Waals surface area contributed by atoms with E-state index in [1.54, 1.807) is 24.3 Å². The third-order valence-electron chi connectivity index (χ3n) is 9.43. The molecule has 7 rings (SSSR count). The summed E-state index contributed by atoms with van der Waals surface area (Å²) in [5.74, 6) is 9.34. The number of carbonyl (C=O) groups is 1. The maximum atomic E-state index is 11.4. The number of carboxylic acids is 1. The molecular weight excluding hydrogens is 444 g/mol. The van der Waals surface area contributed by atoms with E-state index in [-0.39, 0.29) is 5.56 Å². The van der Waals surface area contributed by atoms with Gasteiger partial charge in [0.2, 0.25) is 0 Å². The van der Waals surface area contributed by atoms with Gasteiger partial charge in [0, 0.05) is 16.5 Å². The van der Waals surface area contributed by atoms with Crippen molar-refractivity contribution in [2.45, 2.75) is 51.4 Å². The van der Waals surface area contributed by atoms with Gasteiger partial charge in [0.15, 0.2) is 0 Å². The quantitative estimate of drug-likeness (QED) is 0.393. The zero-order chi connectivity index (χ0) is 24.9. The molecule has 0 amide bonds. The number of hydrogen-bond donors (Lipinski definition) is 1. The van der Waals surface area contributed by atoms with Crippen molar-refractivity contribution in [1.82, 2.24) is 0 Å². The van der Waals surface area contributed by atoms with Gasteiger partial charge >= 0.3 is 5.97 Å². The second-order valence-corrected chi connectivity index (χ2v) is 11.6. The minimum absolute atomic E-state index is 0.213. The second-order valence-electron chi connectivity index (χ2n) is 11.6. The summed E-state index contributed by atoms with van der Waals surface area (Å²) < 4.78 is 6.15. The lowest BCUT2D eigenvalue weighted by Crippen LogP contribution is -2.59. The van der Waals surface area contributed by atoms with E-state index in [0.29, 0.717) is 16.4 Å². The van der Waals surface area contributed by atoms with E-state index in [2.05, 4.69) is 50.0 Å². The minimum Gasteiger partial charge on any atom is -0.478 e. The molecule has 4 saturated carbocycles. The lowest BCUT2D eigenvalue weighted by Gasteiger charge is -2.66. The zero-order valence-corrected chi connectivity index (χ0v) is 21.0. The molecule has 0 saturated heterocycles. The predicted octanol–water partition coefficient (Wildman–Crippen LogP) is 7.68. The first-order valence-corrected chi connectivity index (χ1v) is 13.1. The standard InChI is InChI=1S/C33H32O3/c1-32(2)27-18-23-17-24(19-27)21-33(32,20-23)26-11-15-29(16-12-26)36-28-13-8-22(9-14-28)7-10-25-5-3-4-6-30(25)31(34)35/h3-6,8-9,11-16,23-24,27H,17-21H2,1-2H3,(H,34,35). The number of ether oxygens (including phenoxy) is 1. The van der Waals surface area contributed by atoms with Gasteiger partial charge < -0.3 is 9.84 Å².